The molecule has 6 nitrogen and oxygen atoms in total. The van der Waals surface area contributed by atoms with Crippen LogP contribution in [0.2, 0.25) is 5.02 Å². The van der Waals surface area contributed by atoms with Crippen LogP contribution in [0.4, 0.5) is 5.69 Å². The number of nitrogens with zero attached hydrogens (tertiary/aromatic N) is 2. The highest BCUT2D eigenvalue weighted by Gasteiger charge is 2.27. The van der Waals surface area contributed by atoms with Crippen molar-refractivity contribution in [3.05, 3.63) is 80.9 Å². The Hall–Kier alpha value is -2.99. The van der Waals surface area contributed by atoms with Gasteiger partial charge in [0.25, 0.3) is 5.69 Å². The SMILES string of the molecule is O=C(c1ccccc1)C1CCN(C(=O)/C=C/c2ccc(Cl)c([N+](=O)[O-])c2)CC1. The highest BCUT2D eigenvalue weighted by molar-refractivity contribution is 6.32. The van der Waals surface area contributed by atoms with Crippen molar-refractivity contribution < 1.29 is 14.5 Å². The summed E-state index contributed by atoms with van der Waals surface area (Å²) in [5.41, 5.74) is 1.03. The summed E-state index contributed by atoms with van der Waals surface area (Å²) >= 11 is 5.79. The molecule has 1 fully saturated rings. The molecule has 0 atom stereocenters. The number of likely N-dealkylation sites (tertiary alicyclic amines) is 1. The van der Waals surface area contributed by atoms with E-state index >= 15 is 0 Å². The fraction of sp³-hybridized carbons (Fsp3) is 0.238. The standard InChI is InChI=1S/C21H19ClN2O4/c22-18-8-6-15(14-19(18)24(27)28)7-9-20(25)23-12-10-17(11-13-23)21(26)16-4-2-1-3-5-16/h1-9,14,17H,10-13H2/b9-7+. The van der Waals surface area contributed by atoms with Crippen molar-refractivity contribution in [2.45, 2.75) is 12.8 Å². The first-order valence-corrected chi connectivity index (χ1v) is 9.33. The van der Waals surface area contributed by atoms with Crippen LogP contribution in [0.3, 0.4) is 0 Å². The minimum absolute atomic E-state index is 0.0543. The molecule has 0 aliphatic carbocycles. The average Bonchev–Trinajstić information content (AvgIpc) is 2.73. The summed E-state index contributed by atoms with van der Waals surface area (Å²) in [5, 5.41) is 11.0. The average molecular weight is 399 g/mol. The van der Waals surface area contributed by atoms with Crippen LogP contribution in [0.25, 0.3) is 6.08 Å². The molecule has 0 radical (unpaired) electrons. The van der Waals surface area contributed by atoms with Gasteiger partial charge in [-0.1, -0.05) is 48.0 Å². The number of piperidine rings is 1. The van der Waals surface area contributed by atoms with Crippen LogP contribution < -0.4 is 0 Å². The van der Waals surface area contributed by atoms with Crippen LogP contribution in [0.5, 0.6) is 0 Å². The number of amides is 1. The number of nitro groups is 1. The van der Waals surface area contributed by atoms with E-state index in [0.717, 1.165) is 0 Å². The predicted molar refractivity (Wildman–Crippen MR) is 107 cm³/mol. The lowest BCUT2D eigenvalue weighted by Crippen LogP contribution is -2.39. The molecule has 1 saturated heterocycles. The Morgan fingerprint density at radius 2 is 1.79 bits per heavy atom. The van der Waals surface area contributed by atoms with Crippen LogP contribution in [-0.2, 0) is 4.79 Å². The van der Waals surface area contributed by atoms with Crippen molar-refractivity contribution in [3.8, 4) is 0 Å². The normalized spacial score (nSPS) is 15.0. The third kappa shape index (κ3) is 4.64. The lowest BCUT2D eigenvalue weighted by molar-refractivity contribution is -0.384. The van der Waals surface area contributed by atoms with Gasteiger partial charge in [-0.15, -0.1) is 0 Å². The van der Waals surface area contributed by atoms with Gasteiger partial charge in [-0.05, 0) is 30.5 Å². The van der Waals surface area contributed by atoms with Gasteiger partial charge in [0.15, 0.2) is 5.78 Å². The van der Waals surface area contributed by atoms with Gasteiger partial charge in [-0.2, -0.15) is 0 Å². The molecule has 1 aliphatic heterocycles. The molecule has 0 spiro atoms. The molecule has 0 bridgehead atoms. The van der Waals surface area contributed by atoms with Gasteiger partial charge in [-0.25, -0.2) is 0 Å². The van der Waals surface area contributed by atoms with Crippen molar-refractivity contribution in [2.75, 3.05) is 13.1 Å². The Balaban J connectivity index is 1.58. The second-order valence-electron chi connectivity index (χ2n) is 6.63. The Morgan fingerprint density at radius 1 is 1.11 bits per heavy atom. The number of carbonyl (C=O) groups excluding carboxylic acids is 2. The van der Waals surface area contributed by atoms with E-state index in [1.807, 2.05) is 30.3 Å². The molecule has 7 heteroatoms. The molecular formula is C21H19ClN2O4. The monoisotopic (exact) mass is 398 g/mol. The molecule has 0 saturated carbocycles. The second-order valence-corrected chi connectivity index (χ2v) is 7.04. The molecule has 28 heavy (non-hydrogen) atoms. The van der Waals surface area contributed by atoms with E-state index in [2.05, 4.69) is 0 Å². The fourth-order valence-corrected chi connectivity index (χ4v) is 3.43. The van der Waals surface area contributed by atoms with E-state index in [9.17, 15) is 19.7 Å². The van der Waals surface area contributed by atoms with Crippen molar-refractivity contribution in [3.63, 3.8) is 0 Å². The zero-order chi connectivity index (χ0) is 20.1. The number of nitro benzene ring substituents is 1. The Labute approximate surface area is 167 Å². The zero-order valence-corrected chi connectivity index (χ0v) is 15.8. The van der Waals surface area contributed by atoms with Crippen LogP contribution in [0.1, 0.15) is 28.8 Å². The van der Waals surface area contributed by atoms with E-state index in [1.54, 1.807) is 11.0 Å². The van der Waals surface area contributed by atoms with Gasteiger partial charge >= 0.3 is 0 Å². The van der Waals surface area contributed by atoms with Crippen molar-refractivity contribution in [1.82, 2.24) is 4.90 Å². The number of carbonyl (C=O) groups is 2. The highest BCUT2D eigenvalue weighted by Crippen LogP contribution is 2.26. The number of rotatable bonds is 5. The summed E-state index contributed by atoms with van der Waals surface area (Å²) in [6.45, 7) is 1.01. The fourth-order valence-electron chi connectivity index (χ4n) is 3.25. The van der Waals surface area contributed by atoms with E-state index < -0.39 is 4.92 Å². The Bertz CT molecular complexity index is 919. The quantitative estimate of drug-likeness (QED) is 0.324. The first-order chi connectivity index (χ1) is 13.5. The smallest absolute Gasteiger partial charge is 0.288 e. The van der Waals surface area contributed by atoms with Gasteiger partial charge in [0, 0.05) is 36.7 Å². The maximum absolute atomic E-state index is 12.5. The molecule has 0 unspecified atom stereocenters. The van der Waals surface area contributed by atoms with E-state index in [1.165, 1.54) is 24.3 Å². The molecule has 144 valence electrons. The third-order valence-electron chi connectivity index (χ3n) is 4.82. The van der Waals surface area contributed by atoms with E-state index in [0.29, 0.717) is 37.1 Å². The van der Waals surface area contributed by atoms with Gasteiger partial charge in [0.05, 0.1) is 4.92 Å². The number of hydrogen-bond acceptors (Lipinski definition) is 4. The summed E-state index contributed by atoms with van der Waals surface area (Å²) in [6.07, 6.45) is 4.18. The number of hydrogen-bond donors (Lipinski definition) is 0. The lowest BCUT2D eigenvalue weighted by Gasteiger charge is -2.30. The van der Waals surface area contributed by atoms with E-state index in [-0.39, 0.29) is 28.3 Å². The van der Waals surface area contributed by atoms with Gasteiger partial charge in [-0.3, -0.25) is 19.7 Å². The molecule has 3 rings (SSSR count). The Kier molecular flexibility index (Phi) is 6.21. The predicted octanol–water partition coefficient (Wildman–Crippen LogP) is 4.38. The lowest BCUT2D eigenvalue weighted by atomic mass is 9.89. The molecule has 1 aliphatic rings. The van der Waals surface area contributed by atoms with Gasteiger partial charge in [0.1, 0.15) is 5.02 Å². The number of Topliss-reactive ketones (excluding diaryl/α,β-unsaturated/α-hetero) is 1. The summed E-state index contributed by atoms with van der Waals surface area (Å²) in [6, 6.07) is 13.6. The number of benzene rings is 2. The number of halogens is 1. The minimum Gasteiger partial charge on any atom is -0.339 e. The molecule has 0 N–H and O–H groups in total. The molecule has 1 heterocycles. The first kappa shape index (κ1) is 19.8. The summed E-state index contributed by atoms with van der Waals surface area (Å²) in [7, 11) is 0. The molecule has 1 amide bonds. The van der Waals surface area contributed by atoms with Crippen LogP contribution >= 0.6 is 11.6 Å². The zero-order valence-electron chi connectivity index (χ0n) is 15.1. The van der Waals surface area contributed by atoms with Crippen molar-refractivity contribution in [1.29, 1.82) is 0 Å². The maximum atomic E-state index is 12.5. The number of ketones is 1. The summed E-state index contributed by atoms with van der Waals surface area (Å²) in [4.78, 5) is 37.0. The van der Waals surface area contributed by atoms with Crippen LogP contribution in [0.15, 0.2) is 54.6 Å². The second kappa shape index (κ2) is 8.80. The molecular weight excluding hydrogens is 380 g/mol. The van der Waals surface area contributed by atoms with E-state index in [4.69, 9.17) is 11.6 Å². The molecule has 2 aromatic carbocycles. The molecule has 0 aromatic heterocycles. The van der Waals surface area contributed by atoms with Crippen LogP contribution in [0, 0.1) is 16.0 Å². The largest absolute Gasteiger partial charge is 0.339 e. The summed E-state index contributed by atoms with van der Waals surface area (Å²) < 4.78 is 0. The van der Waals surface area contributed by atoms with Crippen molar-refractivity contribution >= 4 is 35.1 Å². The highest BCUT2D eigenvalue weighted by atomic mass is 35.5. The van der Waals surface area contributed by atoms with Gasteiger partial charge in [0.2, 0.25) is 5.91 Å². The maximum Gasteiger partial charge on any atom is 0.288 e. The third-order valence-corrected chi connectivity index (χ3v) is 5.14. The Morgan fingerprint density at radius 3 is 2.43 bits per heavy atom. The van der Waals surface area contributed by atoms with Crippen LogP contribution in [-0.4, -0.2) is 34.6 Å². The summed E-state index contributed by atoms with van der Waals surface area (Å²) in [5.74, 6) is -0.130. The molecule has 2 aromatic rings. The minimum atomic E-state index is -0.560. The van der Waals surface area contributed by atoms with Gasteiger partial charge < -0.3 is 4.90 Å². The topological polar surface area (TPSA) is 80.5 Å². The van der Waals surface area contributed by atoms with Crippen molar-refractivity contribution in [2.24, 2.45) is 5.92 Å². The first-order valence-electron chi connectivity index (χ1n) is 8.96.